The summed E-state index contributed by atoms with van der Waals surface area (Å²) in [4.78, 5) is 7.33. The second kappa shape index (κ2) is 10.8. The Bertz CT molecular complexity index is 1380. The standard InChI is InChI=1S/C35H47N3O2/c1-9-22-21-38-15-13-23(22)17-31(38)32(27-12-14-36-30-11-10-26(40-8)19-28(27)30)37-20-24-16-25(34(2,3)4)18-29(33(24)39)35(5,6)7/h9-12,14,16,18-19,22-23,31-32,37,39H,1,13,15,17,20-21H2,2-8H3/t22-,23-,31+,32+/m0/s1. The van der Waals surface area contributed by atoms with Crippen molar-refractivity contribution in [2.75, 3.05) is 20.2 Å². The van der Waals surface area contributed by atoms with Crippen LogP contribution in [0.3, 0.4) is 0 Å². The molecule has 1 aromatic heterocycles. The molecule has 0 saturated carbocycles. The highest BCUT2D eigenvalue weighted by atomic mass is 16.5. The van der Waals surface area contributed by atoms with Gasteiger partial charge in [0.2, 0.25) is 0 Å². The van der Waals surface area contributed by atoms with Crippen LogP contribution in [0.1, 0.15) is 82.7 Å². The first-order chi connectivity index (χ1) is 18.9. The SMILES string of the molecule is C=C[C@H]1CN2CC[C@H]1C[C@@H]2[C@H](NCc1cc(C(C)(C)C)cc(C(C)(C)C)c1O)c1ccnc2ccc(OC)cc12. The second-order valence-corrected chi connectivity index (χ2v) is 13.9. The molecule has 0 aliphatic carbocycles. The molecule has 4 heterocycles. The van der Waals surface area contributed by atoms with Gasteiger partial charge < -0.3 is 15.2 Å². The molecule has 2 N–H and O–H groups in total. The molecule has 3 saturated heterocycles. The molecule has 3 aliphatic rings. The van der Waals surface area contributed by atoms with E-state index < -0.39 is 0 Å². The maximum absolute atomic E-state index is 11.5. The third-order valence-electron chi connectivity index (χ3n) is 9.23. The number of phenolic OH excluding ortho intramolecular Hbond substituents is 1. The summed E-state index contributed by atoms with van der Waals surface area (Å²) in [5.41, 5.74) is 5.23. The van der Waals surface area contributed by atoms with Gasteiger partial charge in [-0.2, -0.15) is 0 Å². The van der Waals surface area contributed by atoms with Gasteiger partial charge in [0.1, 0.15) is 11.5 Å². The zero-order chi connectivity index (χ0) is 28.8. The van der Waals surface area contributed by atoms with E-state index in [2.05, 4.69) is 93.7 Å². The van der Waals surface area contributed by atoms with Crippen molar-refractivity contribution in [2.45, 2.75) is 83.8 Å². The number of piperidine rings is 3. The number of nitrogens with one attached hydrogen (secondary N) is 1. The number of aromatic hydroxyl groups is 1. The largest absolute Gasteiger partial charge is 0.507 e. The number of phenols is 1. The molecule has 0 radical (unpaired) electrons. The van der Waals surface area contributed by atoms with Crippen LogP contribution in [0.5, 0.6) is 11.5 Å². The predicted octanol–water partition coefficient (Wildman–Crippen LogP) is 7.27. The highest BCUT2D eigenvalue weighted by molar-refractivity contribution is 5.84. The van der Waals surface area contributed by atoms with Crippen LogP contribution in [0, 0.1) is 11.8 Å². The lowest BCUT2D eigenvalue weighted by Gasteiger charge is -2.52. The van der Waals surface area contributed by atoms with Crippen LogP contribution >= 0.6 is 0 Å². The van der Waals surface area contributed by atoms with Crippen molar-refractivity contribution >= 4 is 10.9 Å². The molecule has 1 unspecified atom stereocenters. The third-order valence-corrected chi connectivity index (χ3v) is 9.23. The molecule has 40 heavy (non-hydrogen) atoms. The fourth-order valence-electron chi connectivity index (χ4n) is 6.78. The molecule has 214 valence electrons. The summed E-state index contributed by atoms with van der Waals surface area (Å²) >= 11 is 0. The van der Waals surface area contributed by atoms with E-state index in [4.69, 9.17) is 4.74 Å². The lowest BCUT2D eigenvalue weighted by atomic mass is 9.73. The Morgan fingerprint density at radius 1 is 1.12 bits per heavy atom. The summed E-state index contributed by atoms with van der Waals surface area (Å²) in [6.07, 6.45) is 6.45. The van der Waals surface area contributed by atoms with Crippen molar-refractivity contribution < 1.29 is 9.84 Å². The topological polar surface area (TPSA) is 57.6 Å². The van der Waals surface area contributed by atoms with E-state index in [9.17, 15) is 5.11 Å². The first-order valence-corrected chi connectivity index (χ1v) is 14.8. The van der Waals surface area contributed by atoms with E-state index in [1.807, 2.05) is 18.3 Å². The van der Waals surface area contributed by atoms with E-state index in [0.717, 1.165) is 47.3 Å². The minimum atomic E-state index is -0.161. The first kappa shape index (κ1) is 28.6. The smallest absolute Gasteiger partial charge is 0.123 e. The Hall–Kier alpha value is -2.89. The minimum absolute atomic E-state index is 0.0202. The van der Waals surface area contributed by atoms with Gasteiger partial charge in [0.25, 0.3) is 0 Å². The number of fused-ring (bicyclic) bond motifs is 4. The molecule has 0 spiro atoms. The van der Waals surface area contributed by atoms with Crippen molar-refractivity contribution in [3.8, 4) is 11.5 Å². The molecular formula is C35H47N3O2. The van der Waals surface area contributed by atoms with Gasteiger partial charge in [-0.05, 0) is 83.0 Å². The number of ether oxygens (including phenoxy) is 1. The van der Waals surface area contributed by atoms with Crippen LogP contribution in [-0.4, -0.2) is 41.2 Å². The van der Waals surface area contributed by atoms with E-state index in [1.165, 1.54) is 17.5 Å². The summed E-state index contributed by atoms with van der Waals surface area (Å²) in [7, 11) is 1.71. The van der Waals surface area contributed by atoms with E-state index in [0.29, 0.717) is 30.2 Å². The average Bonchev–Trinajstić information content (AvgIpc) is 2.92. The van der Waals surface area contributed by atoms with Gasteiger partial charge in [0.05, 0.1) is 12.6 Å². The molecule has 0 amide bonds. The lowest BCUT2D eigenvalue weighted by molar-refractivity contribution is 0.000916. The molecule has 3 fully saturated rings. The molecule has 3 aromatic rings. The molecule has 5 heteroatoms. The van der Waals surface area contributed by atoms with Gasteiger partial charge in [0, 0.05) is 42.3 Å². The van der Waals surface area contributed by atoms with E-state index in [1.54, 1.807) is 7.11 Å². The fraction of sp³-hybridized carbons (Fsp3) is 0.514. The molecule has 5 nitrogen and oxygen atoms in total. The molecule has 5 atom stereocenters. The Morgan fingerprint density at radius 3 is 2.52 bits per heavy atom. The zero-order valence-electron chi connectivity index (χ0n) is 25.4. The van der Waals surface area contributed by atoms with Gasteiger partial charge in [-0.1, -0.05) is 59.8 Å². The normalized spacial score (nSPS) is 23.8. The average molecular weight is 542 g/mol. The number of rotatable bonds is 7. The van der Waals surface area contributed by atoms with Crippen molar-refractivity contribution in [3.05, 3.63) is 77.5 Å². The van der Waals surface area contributed by atoms with Crippen LogP contribution in [0.25, 0.3) is 10.9 Å². The summed E-state index contributed by atoms with van der Waals surface area (Å²) < 4.78 is 5.61. The summed E-state index contributed by atoms with van der Waals surface area (Å²) in [5.74, 6) is 2.46. The summed E-state index contributed by atoms with van der Waals surface area (Å²) in [6, 6.07) is 13.1. The maximum atomic E-state index is 11.5. The van der Waals surface area contributed by atoms with Crippen LogP contribution in [0.15, 0.2) is 55.3 Å². The molecule has 6 rings (SSSR count). The van der Waals surface area contributed by atoms with Gasteiger partial charge in [0.15, 0.2) is 0 Å². The quantitative estimate of drug-likeness (QED) is 0.308. The van der Waals surface area contributed by atoms with Crippen molar-refractivity contribution in [3.63, 3.8) is 0 Å². The summed E-state index contributed by atoms with van der Waals surface area (Å²) in [6.45, 7) is 20.1. The minimum Gasteiger partial charge on any atom is -0.507 e. The molecule has 2 aromatic carbocycles. The van der Waals surface area contributed by atoms with Crippen molar-refractivity contribution in [2.24, 2.45) is 11.8 Å². The highest BCUT2D eigenvalue weighted by Gasteiger charge is 2.42. The van der Waals surface area contributed by atoms with Crippen molar-refractivity contribution in [1.82, 2.24) is 15.2 Å². The fourth-order valence-corrected chi connectivity index (χ4v) is 6.78. The van der Waals surface area contributed by atoms with Crippen LogP contribution in [0.4, 0.5) is 0 Å². The Labute approximate surface area is 240 Å². The van der Waals surface area contributed by atoms with Gasteiger partial charge >= 0.3 is 0 Å². The van der Waals surface area contributed by atoms with E-state index in [-0.39, 0.29) is 16.9 Å². The third kappa shape index (κ3) is 5.51. The predicted molar refractivity (Wildman–Crippen MR) is 165 cm³/mol. The van der Waals surface area contributed by atoms with Crippen molar-refractivity contribution in [1.29, 1.82) is 0 Å². The number of nitrogens with zero attached hydrogens (tertiary/aromatic N) is 2. The highest BCUT2D eigenvalue weighted by Crippen LogP contribution is 2.43. The number of hydrogen-bond acceptors (Lipinski definition) is 5. The number of hydrogen-bond donors (Lipinski definition) is 2. The van der Waals surface area contributed by atoms with Gasteiger partial charge in [-0.15, -0.1) is 6.58 Å². The number of aromatic nitrogens is 1. The lowest BCUT2D eigenvalue weighted by Crippen LogP contribution is -2.56. The maximum Gasteiger partial charge on any atom is 0.123 e. The van der Waals surface area contributed by atoms with E-state index >= 15 is 0 Å². The molecule has 3 aliphatic heterocycles. The van der Waals surface area contributed by atoms with Gasteiger partial charge in [-0.25, -0.2) is 0 Å². The van der Waals surface area contributed by atoms with Crippen LogP contribution in [-0.2, 0) is 17.4 Å². The van der Waals surface area contributed by atoms with Crippen LogP contribution < -0.4 is 10.1 Å². The number of methoxy groups -OCH3 is 1. The Balaban J connectivity index is 1.58. The monoisotopic (exact) mass is 541 g/mol. The van der Waals surface area contributed by atoms with Gasteiger partial charge in [-0.3, -0.25) is 9.88 Å². The summed E-state index contributed by atoms with van der Waals surface area (Å²) in [5, 5.41) is 16.6. The van der Waals surface area contributed by atoms with Crippen LogP contribution in [0.2, 0.25) is 0 Å². The molecular weight excluding hydrogens is 494 g/mol. The zero-order valence-corrected chi connectivity index (χ0v) is 25.4. The Kier molecular flexibility index (Phi) is 7.75. The number of pyridine rings is 1. The second-order valence-electron chi connectivity index (χ2n) is 13.9. The number of benzene rings is 2. The first-order valence-electron chi connectivity index (χ1n) is 14.8. The molecule has 2 bridgehead atoms. The Morgan fingerprint density at radius 2 is 1.90 bits per heavy atom.